The van der Waals surface area contributed by atoms with Gasteiger partial charge in [0.2, 0.25) is 0 Å². The SMILES string of the molecule is C=CC1CCC(CCc2ccc(-c3ccc4cc(CC/C=C/C)ccc4c3)cc2)CC1. The van der Waals surface area contributed by atoms with Gasteiger partial charge in [-0.05, 0) is 109 Å². The maximum absolute atomic E-state index is 3.97. The molecule has 3 aromatic rings. The van der Waals surface area contributed by atoms with Crippen LogP contribution >= 0.6 is 0 Å². The summed E-state index contributed by atoms with van der Waals surface area (Å²) in [4.78, 5) is 0. The second-order valence-electron chi connectivity index (χ2n) is 9.26. The van der Waals surface area contributed by atoms with Crippen LogP contribution in [-0.2, 0) is 12.8 Å². The Morgan fingerprint density at radius 1 is 0.774 bits per heavy atom. The van der Waals surface area contributed by atoms with Crippen molar-refractivity contribution in [3.8, 4) is 11.1 Å². The zero-order chi connectivity index (χ0) is 21.5. The van der Waals surface area contributed by atoms with Crippen molar-refractivity contribution in [2.75, 3.05) is 0 Å². The van der Waals surface area contributed by atoms with E-state index in [2.05, 4.69) is 92.4 Å². The predicted octanol–water partition coefficient (Wildman–Crippen LogP) is 8.94. The molecule has 1 aliphatic rings. The quantitative estimate of drug-likeness (QED) is 0.326. The summed E-state index contributed by atoms with van der Waals surface area (Å²) in [5.74, 6) is 1.67. The molecule has 4 rings (SSSR count). The van der Waals surface area contributed by atoms with Crippen LogP contribution in [-0.4, -0.2) is 0 Å². The van der Waals surface area contributed by atoms with Crippen LogP contribution in [0, 0.1) is 11.8 Å². The summed E-state index contributed by atoms with van der Waals surface area (Å²) in [5.41, 5.74) is 5.51. The molecule has 0 heterocycles. The third kappa shape index (κ3) is 5.76. The Bertz CT molecular complexity index is 1010. The van der Waals surface area contributed by atoms with Gasteiger partial charge in [0.15, 0.2) is 0 Å². The molecule has 0 radical (unpaired) electrons. The smallest absolute Gasteiger partial charge is 0.0178 e. The molecule has 0 atom stereocenters. The predicted molar refractivity (Wildman–Crippen MR) is 136 cm³/mol. The third-order valence-corrected chi connectivity index (χ3v) is 7.09. The van der Waals surface area contributed by atoms with Gasteiger partial charge in [0, 0.05) is 0 Å². The minimum Gasteiger partial charge on any atom is -0.103 e. The van der Waals surface area contributed by atoms with E-state index in [4.69, 9.17) is 0 Å². The van der Waals surface area contributed by atoms with Gasteiger partial charge < -0.3 is 0 Å². The molecule has 0 bridgehead atoms. The van der Waals surface area contributed by atoms with Crippen LogP contribution in [0.3, 0.4) is 0 Å². The zero-order valence-electron chi connectivity index (χ0n) is 19.0. The number of aryl methyl sites for hydroxylation is 2. The molecule has 0 aromatic heterocycles. The molecule has 0 aliphatic heterocycles. The molecule has 160 valence electrons. The first kappa shape index (κ1) is 21.6. The number of hydrogen-bond donors (Lipinski definition) is 0. The average molecular weight is 409 g/mol. The fourth-order valence-corrected chi connectivity index (χ4v) is 4.99. The maximum atomic E-state index is 3.97. The van der Waals surface area contributed by atoms with E-state index in [1.54, 1.807) is 0 Å². The molecule has 3 aromatic carbocycles. The summed E-state index contributed by atoms with van der Waals surface area (Å²) in [6.07, 6.45) is 16.7. The Kier molecular flexibility index (Phi) is 7.41. The maximum Gasteiger partial charge on any atom is -0.0178 e. The number of fused-ring (bicyclic) bond motifs is 1. The summed E-state index contributed by atoms with van der Waals surface area (Å²) >= 11 is 0. The van der Waals surface area contributed by atoms with E-state index in [0.717, 1.165) is 24.7 Å². The van der Waals surface area contributed by atoms with E-state index in [-0.39, 0.29) is 0 Å². The van der Waals surface area contributed by atoms with Gasteiger partial charge in [0.25, 0.3) is 0 Å². The van der Waals surface area contributed by atoms with Gasteiger partial charge >= 0.3 is 0 Å². The van der Waals surface area contributed by atoms with E-state index in [1.165, 1.54) is 71.6 Å². The van der Waals surface area contributed by atoms with Crippen molar-refractivity contribution >= 4 is 10.8 Å². The summed E-state index contributed by atoms with van der Waals surface area (Å²) in [7, 11) is 0. The molecule has 0 heteroatoms. The Balaban J connectivity index is 1.37. The van der Waals surface area contributed by atoms with Crippen molar-refractivity contribution in [1.82, 2.24) is 0 Å². The molecule has 1 saturated carbocycles. The first-order valence-electron chi connectivity index (χ1n) is 12.1. The van der Waals surface area contributed by atoms with Gasteiger partial charge in [-0.25, -0.2) is 0 Å². The second kappa shape index (κ2) is 10.6. The number of allylic oxidation sites excluding steroid dienone is 3. The van der Waals surface area contributed by atoms with Crippen LogP contribution in [0.1, 0.15) is 56.6 Å². The minimum absolute atomic E-state index is 0.766. The van der Waals surface area contributed by atoms with Crippen molar-refractivity contribution in [3.63, 3.8) is 0 Å². The first-order chi connectivity index (χ1) is 15.2. The molecule has 1 aliphatic carbocycles. The summed E-state index contributed by atoms with van der Waals surface area (Å²) in [5, 5.41) is 2.66. The van der Waals surface area contributed by atoms with Gasteiger partial charge in [0.1, 0.15) is 0 Å². The Hall–Kier alpha value is -2.60. The first-order valence-corrected chi connectivity index (χ1v) is 12.1. The van der Waals surface area contributed by atoms with E-state index < -0.39 is 0 Å². The summed E-state index contributed by atoms with van der Waals surface area (Å²) in [6, 6.07) is 23.0. The normalized spacial score (nSPS) is 19.1. The fourth-order valence-electron chi connectivity index (χ4n) is 4.99. The van der Waals surface area contributed by atoms with Crippen molar-refractivity contribution < 1.29 is 0 Å². The van der Waals surface area contributed by atoms with E-state index in [1.807, 2.05) is 0 Å². The van der Waals surface area contributed by atoms with Gasteiger partial charge in [0.05, 0.1) is 0 Å². The molecule has 31 heavy (non-hydrogen) atoms. The highest BCUT2D eigenvalue weighted by Gasteiger charge is 2.18. The highest BCUT2D eigenvalue weighted by molar-refractivity contribution is 5.87. The number of rotatable bonds is 8. The van der Waals surface area contributed by atoms with Crippen molar-refractivity contribution in [2.24, 2.45) is 11.8 Å². The Labute approximate surface area is 188 Å². The third-order valence-electron chi connectivity index (χ3n) is 7.09. The highest BCUT2D eigenvalue weighted by Crippen LogP contribution is 2.32. The largest absolute Gasteiger partial charge is 0.103 e. The van der Waals surface area contributed by atoms with Crippen LogP contribution < -0.4 is 0 Å². The molecule has 0 saturated heterocycles. The molecule has 0 spiro atoms. The Morgan fingerprint density at radius 3 is 2.19 bits per heavy atom. The van der Waals surface area contributed by atoms with Crippen LogP contribution in [0.2, 0.25) is 0 Å². The Morgan fingerprint density at radius 2 is 1.45 bits per heavy atom. The average Bonchev–Trinajstić information content (AvgIpc) is 2.83. The number of hydrogen-bond acceptors (Lipinski definition) is 0. The molecule has 1 fully saturated rings. The minimum atomic E-state index is 0.766. The molecule has 0 amide bonds. The van der Waals surface area contributed by atoms with E-state index in [0.29, 0.717) is 0 Å². The topological polar surface area (TPSA) is 0 Å². The van der Waals surface area contributed by atoms with E-state index in [9.17, 15) is 0 Å². The molecule has 0 unspecified atom stereocenters. The van der Waals surface area contributed by atoms with Gasteiger partial charge in [-0.2, -0.15) is 0 Å². The van der Waals surface area contributed by atoms with E-state index >= 15 is 0 Å². The summed E-state index contributed by atoms with van der Waals surface area (Å²) < 4.78 is 0. The standard InChI is InChI=1S/C31H36/c1-3-5-6-7-27-16-19-31-23-30(21-20-29(31)22-27)28-17-14-26(15-18-28)13-12-25-10-8-24(4-2)9-11-25/h3-5,14-25H,2,6-13H2,1H3/b5-3+. The lowest BCUT2D eigenvalue weighted by molar-refractivity contribution is 0.296. The monoisotopic (exact) mass is 408 g/mol. The summed E-state index contributed by atoms with van der Waals surface area (Å²) in [6.45, 7) is 6.06. The van der Waals surface area contributed by atoms with Crippen LogP contribution in [0.5, 0.6) is 0 Å². The second-order valence-corrected chi connectivity index (χ2v) is 9.26. The molecular formula is C31H36. The fraction of sp³-hybridized carbons (Fsp3) is 0.355. The molecular weight excluding hydrogens is 372 g/mol. The van der Waals surface area contributed by atoms with Crippen LogP contribution in [0.4, 0.5) is 0 Å². The van der Waals surface area contributed by atoms with Gasteiger partial charge in [-0.3, -0.25) is 0 Å². The highest BCUT2D eigenvalue weighted by atomic mass is 14.2. The lowest BCUT2D eigenvalue weighted by Crippen LogP contribution is -2.13. The van der Waals surface area contributed by atoms with Crippen LogP contribution in [0.15, 0.2) is 85.5 Å². The van der Waals surface area contributed by atoms with Crippen molar-refractivity contribution in [1.29, 1.82) is 0 Å². The lowest BCUT2D eigenvalue weighted by atomic mass is 9.79. The molecule has 0 N–H and O–H groups in total. The zero-order valence-corrected chi connectivity index (χ0v) is 19.0. The van der Waals surface area contributed by atoms with Crippen molar-refractivity contribution in [2.45, 2.75) is 58.3 Å². The molecule has 0 nitrogen and oxygen atoms in total. The van der Waals surface area contributed by atoms with Gasteiger partial charge in [-0.15, -0.1) is 6.58 Å². The van der Waals surface area contributed by atoms with Gasteiger partial charge in [-0.1, -0.05) is 72.8 Å². The van der Waals surface area contributed by atoms with Crippen LogP contribution in [0.25, 0.3) is 21.9 Å². The van der Waals surface area contributed by atoms with Crippen molar-refractivity contribution in [3.05, 3.63) is 96.6 Å². The lowest BCUT2D eigenvalue weighted by Gasteiger charge is -2.26. The number of benzene rings is 3.